The van der Waals surface area contributed by atoms with E-state index in [1.807, 2.05) is 60.7 Å². The molecule has 0 fully saturated rings. The average Bonchev–Trinajstić information content (AvgIpc) is 3.84. The van der Waals surface area contributed by atoms with Crippen molar-refractivity contribution in [3.05, 3.63) is 170 Å². The monoisotopic (exact) mass is 943 g/mol. The van der Waals surface area contributed by atoms with Gasteiger partial charge in [-0.05, 0) is 59.5 Å². The van der Waals surface area contributed by atoms with Gasteiger partial charge in [-0.2, -0.15) is 18.2 Å². The molecule has 0 saturated heterocycles. The normalized spacial score (nSPS) is 13.9. The van der Waals surface area contributed by atoms with Gasteiger partial charge < -0.3 is 32.8 Å². The van der Waals surface area contributed by atoms with Crippen LogP contribution in [0.3, 0.4) is 0 Å². The molecular weight excluding hydrogens is 912 g/mol. The second-order valence-corrected chi connectivity index (χ2v) is 14.6. The summed E-state index contributed by atoms with van der Waals surface area (Å²) in [5.74, 6) is 3.97. The Balaban J connectivity index is 0.00000410. The van der Waals surface area contributed by atoms with Gasteiger partial charge in [-0.25, -0.2) is 4.98 Å². The number of hydrogen-bond acceptors (Lipinski definition) is 5. The SMILES string of the molecule is [2H]C([2H])([2H])[n+]1[c-]n(-c2[c-]c(Oc3[c-]c(-n4c5cc6c7c(c5c5cccnc54)Oc4cccc5c4B7c4c(cccc4N5c4ccccc4)O6)ccc3)ccc2)c2ccccc21.[Pt]. The third kappa shape index (κ3) is 4.82. The molecule has 282 valence electrons. The number of aromatic nitrogens is 4. The van der Waals surface area contributed by atoms with Crippen molar-refractivity contribution < 1.29 is 44.0 Å². The second-order valence-electron chi connectivity index (χ2n) is 14.6. The number of para-hydroxylation sites is 3. The van der Waals surface area contributed by atoms with E-state index >= 15 is 0 Å². The summed E-state index contributed by atoms with van der Waals surface area (Å²) < 4.78 is 49.6. The van der Waals surface area contributed by atoms with Gasteiger partial charge in [0.25, 0.3) is 6.71 Å². The number of pyridine rings is 1. The summed E-state index contributed by atoms with van der Waals surface area (Å²) in [6.07, 6.45) is 4.80. The summed E-state index contributed by atoms with van der Waals surface area (Å²) in [6.45, 7) is -2.52. The molecule has 0 saturated carbocycles. The molecular formula is C49H28BN5O3Pt-2. The Hall–Kier alpha value is -7.09. The fraction of sp³-hybridized carbons (Fsp3) is 0.0204. The second kappa shape index (κ2) is 12.7. The van der Waals surface area contributed by atoms with Crippen molar-refractivity contribution in [2.24, 2.45) is 6.98 Å². The van der Waals surface area contributed by atoms with Crippen molar-refractivity contribution in [2.75, 3.05) is 4.90 Å². The standard InChI is InChI=1S/C49H28BN5O3.Pt/c1-52-29-53(37-20-6-5-19-36(37)52)31-14-7-16-33(26-31)56-34-17-8-15-32(27-34)55-40-28-43-47-48(44(40)35-18-11-25-51-49(35)55)58-42-24-10-22-39-46(42)50(47)45-38(21-9-23-41(45)57-43)54(39)30-12-3-2-4-13-30;/h2-25,28H,1H3;/q-2;/i1D3;. The number of fused-ring (bicyclic) bond motifs is 5. The predicted molar refractivity (Wildman–Crippen MR) is 226 cm³/mol. The third-order valence-electron chi connectivity index (χ3n) is 11.4. The molecule has 0 radical (unpaired) electrons. The molecule has 59 heavy (non-hydrogen) atoms. The van der Waals surface area contributed by atoms with E-state index in [0.29, 0.717) is 33.9 Å². The van der Waals surface area contributed by atoms with Gasteiger partial charge in [-0.3, -0.25) is 0 Å². The van der Waals surface area contributed by atoms with Crippen molar-refractivity contribution in [3.8, 4) is 45.9 Å². The van der Waals surface area contributed by atoms with Crippen LogP contribution in [-0.4, -0.2) is 20.8 Å². The molecule has 8 nitrogen and oxygen atoms in total. The molecule has 0 spiro atoms. The molecule has 7 aromatic carbocycles. The molecule has 10 heteroatoms. The van der Waals surface area contributed by atoms with Crippen LogP contribution in [0.4, 0.5) is 17.1 Å². The summed E-state index contributed by atoms with van der Waals surface area (Å²) >= 11 is 0. The van der Waals surface area contributed by atoms with E-state index in [0.717, 1.165) is 78.4 Å². The van der Waals surface area contributed by atoms with Crippen LogP contribution in [0.2, 0.25) is 0 Å². The minimum atomic E-state index is -2.41. The first-order valence-electron chi connectivity index (χ1n) is 20.5. The van der Waals surface area contributed by atoms with Crippen LogP contribution in [0.1, 0.15) is 4.11 Å². The molecule has 6 heterocycles. The Morgan fingerprint density at radius 2 is 1.39 bits per heavy atom. The molecule has 0 bridgehead atoms. The van der Waals surface area contributed by atoms with Gasteiger partial charge in [0.1, 0.15) is 28.6 Å². The largest absolute Gasteiger partial charge is 0.510 e. The van der Waals surface area contributed by atoms with Crippen molar-refractivity contribution in [1.82, 2.24) is 14.1 Å². The number of aryl methyl sites for hydroxylation is 1. The summed E-state index contributed by atoms with van der Waals surface area (Å²) in [5.41, 5.74) is 10.5. The zero-order chi connectivity index (χ0) is 40.6. The Labute approximate surface area is 357 Å². The van der Waals surface area contributed by atoms with Crippen LogP contribution in [0, 0.1) is 18.5 Å². The first kappa shape index (κ1) is 31.0. The summed E-state index contributed by atoms with van der Waals surface area (Å²) in [4.78, 5) is 7.24. The van der Waals surface area contributed by atoms with Gasteiger partial charge >= 0.3 is 0 Å². The first-order valence-corrected chi connectivity index (χ1v) is 19.0. The molecule has 0 amide bonds. The number of ether oxygens (including phenoxy) is 3. The van der Waals surface area contributed by atoms with Crippen molar-refractivity contribution in [2.45, 2.75) is 0 Å². The van der Waals surface area contributed by atoms with Crippen molar-refractivity contribution >= 4 is 73.1 Å². The van der Waals surface area contributed by atoms with E-state index in [1.54, 1.807) is 22.9 Å². The molecule has 3 aliphatic heterocycles. The molecule has 0 atom stereocenters. The summed E-state index contributed by atoms with van der Waals surface area (Å²) in [7, 11) is 0. The first-order chi connectivity index (χ1) is 29.9. The minimum absolute atomic E-state index is 0. The molecule has 0 unspecified atom stereocenters. The number of benzene rings is 7. The van der Waals surface area contributed by atoms with E-state index in [1.165, 1.54) is 4.57 Å². The minimum Gasteiger partial charge on any atom is -0.510 e. The Morgan fingerprint density at radius 3 is 2.19 bits per heavy atom. The van der Waals surface area contributed by atoms with Gasteiger partial charge in [0.05, 0.1) is 33.0 Å². The van der Waals surface area contributed by atoms with E-state index < -0.39 is 6.98 Å². The number of rotatable bonds is 5. The van der Waals surface area contributed by atoms with E-state index in [9.17, 15) is 0 Å². The number of anilines is 3. The van der Waals surface area contributed by atoms with Gasteiger partial charge in [0.15, 0.2) is 0 Å². The molecule has 3 aromatic heterocycles. The van der Waals surface area contributed by atoms with Crippen molar-refractivity contribution in [3.63, 3.8) is 0 Å². The van der Waals surface area contributed by atoms with Gasteiger partial charge in [-0.15, -0.1) is 30.3 Å². The number of nitrogens with zero attached hydrogens (tertiary/aromatic N) is 5. The Bertz CT molecular complexity index is 3480. The maximum Gasteiger partial charge on any atom is 0.266 e. The maximum atomic E-state index is 8.07. The zero-order valence-electron chi connectivity index (χ0n) is 33.8. The van der Waals surface area contributed by atoms with E-state index in [-0.39, 0.29) is 27.8 Å². The Kier molecular flexibility index (Phi) is 6.67. The quantitative estimate of drug-likeness (QED) is 0.0984. The van der Waals surface area contributed by atoms with Crippen LogP contribution in [0.25, 0.3) is 44.3 Å². The molecule has 13 rings (SSSR count). The average molecular weight is 944 g/mol. The fourth-order valence-electron chi connectivity index (χ4n) is 9.13. The predicted octanol–water partition coefficient (Wildman–Crippen LogP) is 8.65. The van der Waals surface area contributed by atoms with Crippen LogP contribution in [0.5, 0.6) is 34.5 Å². The van der Waals surface area contributed by atoms with E-state index in [2.05, 4.69) is 101 Å². The maximum absolute atomic E-state index is 8.07. The topological polar surface area (TPSA) is 57.6 Å². The Morgan fingerprint density at radius 1 is 0.678 bits per heavy atom. The van der Waals surface area contributed by atoms with Crippen LogP contribution >= 0.6 is 0 Å². The van der Waals surface area contributed by atoms with Crippen LogP contribution in [-0.2, 0) is 28.0 Å². The molecule has 0 aliphatic carbocycles. The van der Waals surface area contributed by atoms with Gasteiger partial charge in [0.2, 0.25) is 6.33 Å². The van der Waals surface area contributed by atoms with Crippen LogP contribution < -0.4 is 40.1 Å². The number of hydrogen-bond donors (Lipinski definition) is 0. The van der Waals surface area contributed by atoms with Crippen LogP contribution in [0.15, 0.2) is 152 Å². The smallest absolute Gasteiger partial charge is 0.266 e. The third-order valence-corrected chi connectivity index (χ3v) is 11.4. The molecule has 10 aromatic rings. The fourth-order valence-corrected chi connectivity index (χ4v) is 9.13. The summed E-state index contributed by atoms with van der Waals surface area (Å²) in [5, 5.41) is 1.86. The van der Waals surface area contributed by atoms with E-state index in [4.69, 9.17) is 23.3 Å². The number of imidazole rings is 1. The van der Waals surface area contributed by atoms with Gasteiger partial charge in [0, 0.05) is 72.7 Å². The van der Waals surface area contributed by atoms with Gasteiger partial charge in [-0.1, -0.05) is 66.0 Å². The summed E-state index contributed by atoms with van der Waals surface area (Å²) in [6, 6.07) is 54.5. The molecule has 0 N–H and O–H groups in total. The molecule has 3 aliphatic rings. The van der Waals surface area contributed by atoms with Crippen molar-refractivity contribution in [1.29, 1.82) is 0 Å². The zero-order valence-corrected chi connectivity index (χ0v) is 33.1.